The summed E-state index contributed by atoms with van der Waals surface area (Å²) in [7, 11) is 1.88. The molecular weight excluding hydrogens is 370 g/mol. The Morgan fingerprint density at radius 3 is 2.79 bits per heavy atom. The fourth-order valence-electron chi connectivity index (χ4n) is 2.85. The fraction of sp³-hybridized carbons (Fsp3) is 0.118. The van der Waals surface area contributed by atoms with Crippen LogP contribution in [0.25, 0.3) is 16.6 Å². The highest BCUT2D eigenvalue weighted by Gasteiger charge is 2.19. The van der Waals surface area contributed by atoms with Gasteiger partial charge in [-0.3, -0.25) is 9.20 Å². The molecule has 0 spiro atoms. The number of nitrogens with one attached hydrogen (secondary N) is 1. The molecule has 0 radical (unpaired) electrons. The first-order valence-corrected chi connectivity index (χ1v) is 8.26. The summed E-state index contributed by atoms with van der Waals surface area (Å²) in [5.74, 6) is 0.530. The first kappa shape index (κ1) is 14.9. The highest BCUT2D eigenvalue weighted by Crippen LogP contribution is 2.30. The largest absolute Gasteiger partial charge is 0.343 e. The maximum atomic E-state index is 12.7. The van der Waals surface area contributed by atoms with Crippen molar-refractivity contribution in [2.75, 3.05) is 0 Å². The van der Waals surface area contributed by atoms with Crippen molar-refractivity contribution in [1.82, 2.24) is 24.5 Å². The molecule has 0 saturated heterocycles. The molecule has 0 aliphatic carbocycles. The minimum Gasteiger partial charge on any atom is -0.343 e. The third kappa shape index (κ3) is 2.28. The molecule has 0 fully saturated rings. The van der Waals surface area contributed by atoms with Gasteiger partial charge in [-0.05, 0) is 34.1 Å². The van der Waals surface area contributed by atoms with Crippen molar-refractivity contribution in [3.05, 3.63) is 64.7 Å². The van der Waals surface area contributed by atoms with Crippen LogP contribution in [0.2, 0.25) is 0 Å². The van der Waals surface area contributed by atoms with Gasteiger partial charge in [0.05, 0.1) is 11.0 Å². The van der Waals surface area contributed by atoms with E-state index in [-0.39, 0.29) is 5.91 Å². The minimum atomic E-state index is -0.159. The molecule has 24 heavy (non-hydrogen) atoms. The predicted octanol–water partition coefficient (Wildman–Crippen LogP) is 2.91. The molecule has 1 amide bonds. The van der Waals surface area contributed by atoms with E-state index in [0.717, 1.165) is 21.0 Å². The maximum absolute atomic E-state index is 12.7. The normalized spacial score (nSPS) is 11.2. The van der Waals surface area contributed by atoms with Gasteiger partial charge in [-0.2, -0.15) is 0 Å². The van der Waals surface area contributed by atoms with Crippen molar-refractivity contribution < 1.29 is 4.79 Å². The number of carbonyl (C=O) groups excluding carboxylic acids is 1. The van der Waals surface area contributed by atoms with Crippen molar-refractivity contribution >= 4 is 38.4 Å². The summed E-state index contributed by atoms with van der Waals surface area (Å²) in [6, 6.07) is 13.6. The van der Waals surface area contributed by atoms with Crippen molar-refractivity contribution in [2.45, 2.75) is 6.54 Å². The number of benzene rings is 1. The van der Waals surface area contributed by atoms with Crippen LogP contribution >= 0.6 is 15.9 Å². The number of rotatable bonds is 3. The fourth-order valence-corrected chi connectivity index (χ4v) is 3.63. The predicted molar refractivity (Wildman–Crippen MR) is 94.8 cm³/mol. The Hall–Kier alpha value is -2.67. The SMILES string of the molecule is Cn1c(C(=O)NCc2nnc3ccccn23)c(Br)c2ccccc21. The second kappa shape index (κ2) is 5.76. The van der Waals surface area contributed by atoms with Crippen LogP contribution in [-0.4, -0.2) is 25.1 Å². The molecule has 120 valence electrons. The summed E-state index contributed by atoms with van der Waals surface area (Å²) < 4.78 is 4.54. The second-order valence-electron chi connectivity index (χ2n) is 5.47. The van der Waals surface area contributed by atoms with E-state index in [1.165, 1.54) is 0 Å². The van der Waals surface area contributed by atoms with Crippen LogP contribution in [0.5, 0.6) is 0 Å². The topological polar surface area (TPSA) is 64.2 Å². The summed E-state index contributed by atoms with van der Waals surface area (Å²) >= 11 is 3.55. The second-order valence-corrected chi connectivity index (χ2v) is 6.26. The Morgan fingerprint density at radius 2 is 1.96 bits per heavy atom. The molecule has 1 N–H and O–H groups in total. The van der Waals surface area contributed by atoms with Crippen molar-refractivity contribution in [1.29, 1.82) is 0 Å². The molecular formula is C17H14BrN5O. The van der Waals surface area contributed by atoms with Gasteiger partial charge in [0, 0.05) is 24.1 Å². The van der Waals surface area contributed by atoms with Crippen LogP contribution in [0.15, 0.2) is 53.1 Å². The van der Waals surface area contributed by atoms with Gasteiger partial charge in [0.2, 0.25) is 0 Å². The summed E-state index contributed by atoms with van der Waals surface area (Å²) in [6.07, 6.45) is 1.88. The summed E-state index contributed by atoms with van der Waals surface area (Å²) in [5.41, 5.74) is 2.35. The van der Waals surface area contributed by atoms with Crippen LogP contribution in [0, 0.1) is 0 Å². The summed E-state index contributed by atoms with van der Waals surface area (Å²) in [5, 5.41) is 12.1. The van der Waals surface area contributed by atoms with E-state index < -0.39 is 0 Å². The number of hydrogen-bond donors (Lipinski definition) is 1. The Morgan fingerprint density at radius 1 is 1.17 bits per heavy atom. The van der Waals surface area contributed by atoms with Crippen molar-refractivity contribution in [3.63, 3.8) is 0 Å². The zero-order valence-electron chi connectivity index (χ0n) is 12.9. The number of amides is 1. The molecule has 0 unspecified atom stereocenters. The third-order valence-electron chi connectivity index (χ3n) is 4.05. The van der Waals surface area contributed by atoms with E-state index in [9.17, 15) is 4.79 Å². The zero-order chi connectivity index (χ0) is 16.7. The minimum absolute atomic E-state index is 0.159. The molecule has 3 heterocycles. The Bertz CT molecular complexity index is 1030. The van der Waals surface area contributed by atoms with Crippen molar-refractivity contribution in [2.24, 2.45) is 7.05 Å². The number of pyridine rings is 1. The number of nitrogens with zero attached hydrogens (tertiary/aromatic N) is 4. The quantitative estimate of drug-likeness (QED) is 0.591. The number of halogens is 1. The first-order chi connectivity index (χ1) is 11.7. The molecule has 6 nitrogen and oxygen atoms in total. The number of carbonyl (C=O) groups is 1. The molecule has 3 aromatic heterocycles. The van der Waals surface area contributed by atoms with E-state index in [1.807, 2.05) is 64.7 Å². The lowest BCUT2D eigenvalue weighted by molar-refractivity contribution is 0.0941. The summed E-state index contributed by atoms with van der Waals surface area (Å²) in [4.78, 5) is 12.7. The smallest absolute Gasteiger partial charge is 0.269 e. The lowest BCUT2D eigenvalue weighted by Crippen LogP contribution is -2.26. The first-order valence-electron chi connectivity index (χ1n) is 7.46. The highest BCUT2D eigenvalue weighted by atomic mass is 79.9. The van der Waals surface area contributed by atoms with Gasteiger partial charge in [-0.1, -0.05) is 24.3 Å². The Balaban J connectivity index is 1.63. The number of fused-ring (bicyclic) bond motifs is 2. The van der Waals surface area contributed by atoms with Gasteiger partial charge in [-0.15, -0.1) is 10.2 Å². The number of para-hydroxylation sites is 1. The molecule has 0 aliphatic heterocycles. The standard InChI is InChI=1S/C17H14BrN5O/c1-22-12-7-3-2-6-11(12)15(18)16(22)17(24)19-10-14-21-20-13-8-4-5-9-23(13)14/h2-9H,10H2,1H3,(H,19,24). The molecule has 0 bridgehead atoms. The van der Waals surface area contributed by atoms with Gasteiger partial charge < -0.3 is 9.88 Å². The molecule has 1 aromatic carbocycles. The average molecular weight is 384 g/mol. The average Bonchev–Trinajstić information content (AvgIpc) is 3.13. The third-order valence-corrected chi connectivity index (χ3v) is 4.85. The molecule has 4 rings (SSSR count). The molecule has 0 aliphatic rings. The van der Waals surface area contributed by atoms with E-state index in [0.29, 0.717) is 18.1 Å². The number of aromatic nitrogens is 4. The number of aryl methyl sites for hydroxylation is 1. The molecule has 0 saturated carbocycles. The van der Waals surface area contributed by atoms with Crippen molar-refractivity contribution in [3.8, 4) is 0 Å². The van der Waals surface area contributed by atoms with E-state index in [1.54, 1.807) is 0 Å². The lowest BCUT2D eigenvalue weighted by Gasteiger charge is -2.06. The molecule has 0 atom stereocenters. The van der Waals surface area contributed by atoms with Gasteiger partial charge in [0.1, 0.15) is 5.69 Å². The summed E-state index contributed by atoms with van der Waals surface area (Å²) in [6.45, 7) is 0.304. The monoisotopic (exact) mass is 383 g/mol. The van der Waals surface area contributed by atoms with E-state index in [2.05, 4.69) is 31.4 Å². The highest BCUT2D eigenvalue weighted by molar-refractivity contribution is 9.10. The van der Waals surface area contributed by atoms with Gasteiger partial charge >= 0.3 is 0 Å². The maximum Gasteiger partial charge on any atom is 0.269 e. The van der Waals surface area contributed by atoms with Crippen LogP contribution in [0.1, 0.15) is 16.3 Å². The van der Waals surface area contributed by atoms with E-state index >= 15 is 0 Å². The van der Waals surface area contributed by atoms with E-state index in [4.69, 9.17) is 0 Å². The number of hydrogen-bond acceptors (Lipinski definition) is 3. The van der Waals surface area contributed by atoms with Gasteiger partial charge in [0.25, 0.3) is 5.91 Å². The van der Waals surface area contributed by atoms with Crippen LogP contribution in [-0.2, 0) is 13.6 Å². The van der Waals surface area contributed by atoms with Gasteiger partial charge in [-0.25, -0.2) is 0 Å². The van der Waals surface area contributed by atoms with Crippen LogP contribution in [0.4, 0.5) is 0 Å². The molecule has 7 heteroatoms. The van der Waals surface area contributed by atoms with Crippen LogP contribution < -0.4 is 5.32 Å². The van der Waals surface area contributed by atoms with Crippen LogP contribution in [0.3, 0.4) is 0 Å². The zero-order valence-corrected chi connectivity index (χ0v) is 14.5. The Kier molecular flexibility index (Phi) is 3.57. The Labute approximate surface area is 146 Å². The lowest BCUT2D eigenvalue weighted by atomic mass is 10.2. The molecule has 4 aromatic rings. The van der Waals surface area contributed by atoms with Gasteiger partial charge in [0.15, 0.2) is 11.5 Å².